The van der Waals surface area contributed by atoms with Crippen LogP contribution in [0.4, 0.5) is 0 Å². The van der Waals surface area contributed by atoms with E-state index in [0.717, 1.165) is 5.69 Å². The first-order valence-electron chi connectivity index (χ1n) is 18.2. The van der Waals surface area contributed by atoms with Gasteiger partial charge in [0.2, 0.25) is 0 Å². The number of aromatic nitrogens is 8. The van der Waals surface area contributed by atoms with Crippen LogP contribution in [0.25, 0.3) is 0 Å². The minimum Gasteiger partial charge on any atom is -0.303 e. The molecular formula is C40H64N8O8. The van der Waals surface area contributed by atoms with Gasteiger partial charge < -0.3 is 18.3 Å². The van der Waals surface area contributed by atoms with Crippen LogP contribution in [0.5, 0.6) is 0 Å². The highest BCUT2D eigenvalue weighted by Gasteiger charge is 2.22. The van der Waals surface area contributed by atoms with Crippen molar-refractivity contribution in [1.82, 2.24) is 36.5 Å². The van der Waals surface area contributed by atoms with Crippen molar-refractivity contribution in [1.29, 1.82) is 0 Å². The molecule has 0 amide bonds. The summed E-state index contributed by atoms with van der Waals surface area (Å²) in [7, 11) is 6.63. The molecule has 0 saturated heterocycles. The van der Waals surface area contributed by atoms with Gasteiger partial charge in [0, 0.05) is 97.4 Å². The van der Waals surface area contributed by atoms with Crippen LogP contribution in [0.15, 0.2) is 62.9 Å². The Labute approximate surface area is 327 Å². The summed E-state index contributed by atoms with van der Waals surface area (Å²) in [4.78, 5) is 93.7. The van der Waals surface area contributed by atoms with Gasteiger partial charge in [-0.15, -0.1) is 0 Å². The molecule has 0 atom stereocenters. The molecule has 0 N–H and O–H groups in total. The standard InChI is InChI=1S/C11H18N2O2.2C10H16N2O2.C9H14N2O2/c1-7-8(2)12(6)10(15)13(9(7)14)11(3,4)5;1-7-6-11(5)9(14)12(8(7)13)10(2,3)4;1-7-6-8(13)12(10(2,3)4)9(14)11(7)5;1-9(2,3)11-7(12)5-6-10(4)8(11)13/h1-6H3;2*6H,1-5H3;5-6H,1-4H3. The summed E-state index contributed by atoms with van der Waals surface area (Å²) < 4.78 is 10.9. The summed E-state index contributed by atoms with van der Waals surface area (Å²) in [6.07, 6.45) is 3.04. The lowest BCUT2D eigenvalue weighted by Gasteiger charge is -2.23. The van der Waals surface area contributed by atoms with Gasteiger partial charge in [-0.1, -0.05) is 0 Å². The van der Waals surface area contributed by atoms with Gasteiger partial charge in [-0.05, 0) is 111 Å². The lowest BCUT2D eigenvalue weighted by molar-refractivity contribution is 0.354. The average molecular weight is 785 g/mol. The maximum absolute atomic E-state index is 12.0. The molecule has 0 unspecified atom stereocenters. The van der Waals surface area contributed by atoms with Gasteiger partial charge >= 0.3 is 22.8 Å². The maximum atomic E-state index is 12.0. The van der Waals surface area contributed by atoms with E-state index in [0.29, 0.717) is 16.8 Å². The van der Waals surface area contributed by atoms with E-state index in [1.807, 2.05) is 83.1 Å². The topological polar surface area (TPSA) is 176 Å². The van der Waals surface area contributed by atoms with E-state index >= 15 is 0 Å². The Morgan fingerprint density at radius 3 is 1.23 bits per heavy atom. The van der Waals surface area contributed by atoms with Gasteiger partial charge in [0.1, 0.15) is 0 Å². The van der Waals surface area contributed by atoms with E-state index in [-0.39, 0.29) is 45.0 Å². The third-order valence-corrected chi connectivity index (χ3v) is 8.87. The Morgan fingerprint density at radius 2 is 0.821 bits per heavy atom. The molecule has 0 radical (unpaired) electrons. The summed E-state index contributed by atoms with van der Waals surface area (Å²) in [5, 5.41) is 0. The van der Waals surface area contributed by atoms with Crippen LogP contribution in [0, 0.1) is 27.7 Å². The largest absolute Gasteiger partial charge is 0.331 e. The molecule has 16 nitrogen and oxygen atoms in total. The smallest absolute Gasteiger partial charge is 0.303 e. The highest BCUT2D eigenvalue weighted by molar-refractivity contribution is 5.15. The van der Waals surface area contributed by atoms with Gasteiger partial charge in [0.15, 0.2) is 0 Å². The van der Waals surface area contributed by atoms with Crippen molar-refractivity contribution >= 4 is 0 Å². The second-order valence-electron chi connectivity index (χ2n) is 17.9. The van der Waals surface area contributed by atoms with Crippen LogP contribution in [-0.4, -0.2) is 36.5 Å². The normalized spacial score (nSPS) is 11.8. The van der Waals surface area contributed by atoms with Crippen LogP contribution in [0.1, 0.15) is 106 Å². The molecule has 0 spiro atoms. The molecule has 0 aliphatic rings. The lowest BCUT2D eigenvalue weighted by Crippen LogP contribution is -2.48. The van der Waals surface area contributed by atoms with Crippen molar-refractivity contribution < 1.29 is 0 Å². The molecule has 4 heterocycles. The second kappa shape index (κ2) is 17.2. The maximum Gasteiger partial charge on any atom is 0.331 e. The van der Waals surface area contributed by atoms with Crippen LogP contribution < -0.4 is 45.0 Å². The Hall–Kier alpha value is -5.28. The van der Waals surface area contributed by atoms with Crippen LogP contribution in [-0.2, 0) is 50.3 Å². The molecule has 0 aliphatic heterocycles. The van der Waals surface area contributed by atoms with E-state index in [9.17, 15) is 38.4 Å². The zero-order chi connectivity index (χ0) is 44.4. The molecule has 0 saturated carbocycles. The fourth-order valence-corrected chi connectivity index (χ4v) is 5.50. The predicted molar refractivity (Wildman–Crippen MR) is 223 cm³/mol. The summed E-state index contributed by atoms with van der Waals surface area (Å²) in [6.45, 7) is 29.1. The van der Waals surface area contributed by atoms with Crippen molar-refractivity contribution in [3.05, 3.63) is 130 Å². The highest BCUT2D eigenvalue weighted by Crippen LogP contribution is 2.10. The van der Waals surface area contributed by atoms with Gasteiger partial charge in [-0.25, -0.2) is 19.2 Å². The second-order valence-corrected chi connectivity index (χ2v) is 17.9. The molecule has 56 heavy (non-hydrogen) atoms. The van der Waals surface area contributed by atoms with Crippen molar-refractivity contribution in [2.45, 2.75) is 133 Å². The quantitative estimate of drug-likeness (QED) is 0.261. The first-order valence-corrected chi connectivity index (χ1v) is 18.2. The third-order valence-electron chi connectivity index (χ3n) is 8.87. The van der Waals surface area contributed by atoms with Crippen LogP contribution in [0.3, 0.4) is 0 Å². The zero-order valence-corrected chi connectivity index (χ0v) is 37.2. The third kappa shape index (κ3) is 11.2. The molecule has 0 aromatic carbocycles. The van der Waals surface area contributed by atoms with Crippen LogP contribution >= 0.6 is 0 Å². The fraction of sp³-hybridized carbons (Fsp3) is 0.600. The molecule has 0 aliphatic carbocycles. The molecular weight excluding hydrogens is 720 g/mol. The first-order chi connectivity index (χ1) is 25.0. The Morgan fingerprint density at radius 1 is 0.446 bits per heavy atom. The van der Waals surface area contributed by atoms with E-state index in [1.165, 1.54) is 54.9 Å². The Kier molecular flexibility index (Phi) is 15.0. The number of nitrogens with zero attached hydrogens (tertiary/aromatic N) is 8. The molecule has 16 heteroatoms. The Balaban J connectivity index is 0.000000374. The number of hydrogen-bond donors (Lipinski definition) is 0. The van der Waals surface area contributed by atoms with Crippen molar-refractivity contribution in [3.63, 3.8) is 0 Å². The molecule has 4 aromatic heterocycles. The fourth-order valence-electron chi connectivity index (χ4n) is 5.50. The summed E-state index contributed by atoms with van der Waals surface area (Å²) >= 11 is 0. The predicted octanol–water partition coefficient (Wildman–Crippen LogP) is 2.44. The minimum absolute atomic E-state index is 0.192. The average Bonchev–Trinajstić information content (AvgIpc) is 3.01. The highest BCUT2D eigenvalue weighted by atomic mass is 16.2. The lowest BCUT2D eigenvalue weighted by atomic mass is 10.1. The van der Waals surface area contributed by atoms with E-state index in [1.54, 1.807) is 62.1 Å². The first kappa shape index (κ1) is 48.7. The van der Waals surface area contributed by atoms with E-state index in [4.69, 9.17) is 0 Å². The van der Waals surface area contributed by atoms with Gasteiger partial charge in [0.25, 0.3) is 22.2 Å². The van der Waals surface area contributed by atoms with E-state index < -0.39 is 22.2 Å². The van der Waals surface area contributed by atoms with Crippen LogP contribution in [0.2, 0.25) is 0 Å². The zero-order valence-electron chi connectivity index (χ0n) is 37.2. The monoisotopic (exact) mass is 784 g/mol. The molecule has 312 valence electrons. The molecule has 4 rings (SSSR count). The van der Waals surface area contributed by atoms with Gasteiger partial charge in [-0.3, -0.25) is 37.4 Å². The summed E-state index contributed by atoms with van der Waals surface area (Å²) in [5.74, 6) is 0. The number of aryl methyl sites for hydroxylation is 4. The molecule has 0 fully saturated rings. The van der Waals surface area contributed by atoms with Crippen molar-refractivity contribution in [3.8, 4) is 0 Å². The molecule has 0 bridgehead atoms. The van der Waals surface area contributed by atoms with Crippen molar-refractivity contribution in [2.24, 2.45) is 28.2 Å². The SMILES string of the molecule is Cc1c(C)n(C)c(=O)n(C(C)(C)C)c1=O.Cc1cc(=O)n(C(C)(C)C)c(=O)n1C.Cc1cn(C)c(=O)n(C(C)(C)C)c1=O.Cn1ccc(=O)n(C(C)(C)C)c1=O. The summed E-state index contributed by atoms with van der Waals surface area (Å²) in [6, 6.07) is 2.87. The number of hydrogen-bond acceptors (Lipinski definition) is 8. The molecule has 4 aromatic rings. The van der Waals surface area contributed by atoms with Gasteiger partial charge in [0.05, 0.1) is 0 Å². The van der Waals surface area contributed by atoms with Gasteiger partial charge in [-0.2, -0.15) is 0 Å². The Bertz CT molecular complexity index is 2490. The summed E-state index contributed by atoms with van der Waals surface area (Å²) in [5.41, 5.74) is -1.22. The van der Waals surface area contributed by atoms with E-state index in [2.05, 4.69) is 0 Å². The van der Waals surface area contributed by atoms with Crippen molar-refractivity contribution in [2.75, 3.05) is 0 Å². The minimum atomic E-state index is -0.482. The number of rotatable bonds is 0.